The van der Waals surface area contributed by atoms with Crippen molar-refractivity contribution < 1.29 is 14.7 Å². The fourth-order valence-electron chi connectivity index (χ4n) is 2.32. The Morgan fingerprint density at radius 3 is 2.38 bits per heavy atom. The molecule has 0 bridgehead atoms. The standard InChI is InChI=1S/C18H23N3O3/c1-13(21(17(23)24)18(2,3)4)16(22)20-11-5-6-14-7-9-15(12-19)10-8-14/h5-10,13H,11H2,1-4H3,(H,20,22)(H,23,24)/b6-5+/t13-/m1/s1. The van der Waals surface area contributed by atoms with E-state index in [1.54, 1.807) is 45.9 Å². The molecule has 24 heavy (non-hydrogen) atoms. The summed E-state index contributed by atoms with van der Waals surface area (Å²) in [5, 5.41) is 20.7. The van der Waals surface area contributed by atoms with E-state index in [1.807, 2.05) is 24.3 Å². The van der Waals surface area contributed by atoms with Crippen molar-refractivity contribution in [3.05, 3.63) is 41.5 Å². The van der Waals surface area contributed by atoms with Crippen LogP contribution in [0.3, 0.4) is 0 Å². The molecule has 0 aliphatic rings. The van der Waals surface area contributed by atoms with Crippen molar-refractivity contribution in [3.8, 4) is 6.07 Å². The van der Waals surface area contributed by atoms with Crippen molar-refractivity contribution in [2.45, 2.75) is 39.3 Å². The Hall–Kier alpha value is -2.81. The highest BCUT2D eigenvalue weighted by molar-refractivity contribution is 5.85. The average Bonchev–Trinajstić information content (AvgIpc) is 2.50. The fraction of sp³-hybridized carbons (Fsp3) is 0.389. The minimum atomic E-state index is -1.13. The van der Waals surface area contributed by atoms with Crippen molar-refractivity contribution in [3.63, 3.8) is 0 Å². The molecule has 1 aromatic rings. The molecule has 0 aliphatic heterocycles. The summed E-state index contributed by atoms with van der Waals surface area (Å²) in [4.78, 5) is 24.6. The lowest BCUT2D eigenvalue weighted by molar-refractivity contribution is -0.126. The van der Waals surface area contributed by atoms with Crippen LogP contribution in [0.5, 0.6) is 0 Å². The molecule has 0 aliphatic carbocycles. The van der Waals surface area contributed by atoms with Crippen molar-refractivity contribution in [2.75, 3.05) is 6.54 Å². The monoisotopic (exact) mass is 329 g/mol. The predicted octanol–water partition coefficient (Wildman–Crippen LogP) is 2.85. The molecule has 2 amide bonds. The molecule has 2 N–H and O–H groups in total. The zero-order chi connectivity index (χ0) is 18.3. The third kappa shape index (κ3) is 5.43. The molecule has 0 saturated heterocycles. The fourth-order valence-corrected chi connectivity index (χ4v) is 2.32. The van der Waals surface area contributed by atoms with Crippen molar-refractivity contribution >= 4 is 18.1 Å². The van der Waals surface area contributed by atoms with Gasteiger partial charge in [-0.15, -0.1) is 0 Å². The minimum Gasteiger partial charge on any atom is -0.465 e. The van der Waals surface area contributed by atoms with Gasteiger partial charge >= 0.3 is 6.09 Å². The number of carboxylic acid groups (broad SMARTS) is 1. The first-order valence-electron chi connectivity index (χ1n) is 7.63. The Bertz CT molecular complexity index is 652. The van der Waals surface area contributed by atoms with Crippen LogP contribution in [0.1, 0.15) is 38.8 Å². The maximum atomic E-state index is 12.1. The van der Waals surface area contributed by atoms with Crippen LogP contribution in [0.15, 0.2) is 30.3 Å². The number of rotatable bonds is 5. The van der Waals surface area contributed by atoms with Gasteiger partial charge in [0.1, 0.15) is 6.04 Å². The highest BCUT2D eigenvalue weighted by atomic mass is 16.4. The molecule has 1 rings (SSSR count). The van der Waals surface area contributed by atoms with Gasteiger partial charge in [-0.25, -0.2) is 4.79 Å². The van der Waals surface area contributed by atoms with Gasteiger partial charge in [-0.3, -0.25) is 9.69 Å². The molecule has 6 nitrogen and oxygen atoms in total. The Kier molecular flexibility index (Phi) is 6.54. The average molecular weight is 329 g/mol. The molecule has 0 saturated carbocycles. The normalized spacial score (nSPS) is 12.5. The second-order valence-corrected chi connectivity index (χ2v) is 6.38. The summed E-state index contributed by atoms with van der Waals surface area (Å²) < 4.78 is 0. The topological polar surface area (TPSA) is 93.4 Å². The number of amides is 2. The van der Waals surface area contributed by atoms with Gasteiger partial charge in [0.25, 0.3) is 0 Å². The Labute approximate surface area is 142 Å². The summed E-state index contributed by atoms with van der Waals surface area (Å²) in [5.41, 5.74) is 0.837. The summed E-state index contributed by atoms with van der Waals surface area (Å²) in [7, 11) is 0. The number of carbonyl (C=O) groups is 2. The molecular formula is C18H23N3O3. The minimum absolute atomic E-state index is 0.292. The molecule has 0 aromatic heterocycles. The lowest BCUT2D eigenvalue weighted by Crippen LogP contribution is -2.55. The largest absolute Gasteiger partial charge is 0.465 e. The molecule has 1 aromatic carbocycles. The molecule has 0 spiro atoms. The Morgan fingerprint density at radius 2 is 1.92 bits per heavy atom. The number of benzene rings is 1. The van der Waals surface area contributed by atoms with Gasteiger partial charge in [0.2, 0.25) is 5.91 Å². The van der Waals surface area contributed by atoms with Gasteiger partial charge in [0.05, 0.1) is 11.6 Å². The number of hydrogen-bond acceptors (Lipinski definition) is 3. The highest BCUT2D eigenvalue weighted by Crippen LogP contribution is 2.17. The first-order valence-corrected chi connectivity index (χ1v) is 7.63. The maximum absolute atomic E-state index is 12.1. The third-order valence-electron chi connectivity index (χ3n) is 3.44. The zero-order valence-electron chi connectivity index (χ0n) is 14.4. The van der Waals surface area contributed by atoms with Crippen LogP contribution < -0.4 is 5.32 Å². The summed E-state index contributed by atoms with van der Waals surface area (Å²) in [5.74, 6) is -0.350. The van der Waals surface area contributed by atoms with Crippen LogP contribution in [0.25, 0.3) is 6.08 Å². The number of nitrogens with one attached hydrogen (secondary N) is 1. The van der Waals surface area contributed by atoms with Gasteiger partial charge in [-0.05, 0) is 45.4 Å². The van der Waals surface area contributed by atoms with Crippen LogP contribution in [-0.2, 0) is 4.79 Å². The summed E-state index contributed by atoms with van der Waals surface area (Å²) in [6, 6.07) is 8.32. The van der Waals surface area contributed by atoms with Crippen molar-refractivity contribution in [1.29, 1.82) is 5.26 Å². The molecule has 0 unspecified atom stereocenters. The second-order valence-electron chi connectivity index (χ2n) is 6.38. The van der Waals surface area contributed by atoms with E-state index in [0.29, 0.717) is 12.1 Å². The molecule has 128 valence electrons. The van der Waals surface area contributed by atoms with Crippen molar-refractivity contribution in [1.82, 2.24) is 10.2 Å². The third-order valence-corrected chi connectivity index (χ3v) is 3.44. The second kappa shape index (κ2) is 8.16. The molecule has 0 fully saturated rings. The van der Waals surface area contributed by atoms with E-state index in [-0.39, 0.29) is 5.91 Å². The van der Waals surface area contributed by atoms with E-state index in [0.717, 1.165) is 10.5 Å². The number of carbonyl (C=O) groups excluding carboxylic acids is 1. The molecular weight excluding hydrogens is 306 g/mol. The number of nitrogens with zero attached hydrogens (tertiary/aromatic N) is 2. The van der Waals surface area contributed by atoms with Gasteiger partial charge in [-0.1, -0.05) is 24.3 Å². The Balaban J connectivity index is 2.60. The lowest BCUT2D eigenvalue weighted by Gasteiger charge is -2.37. The molecule has 0 heterocycles. The maximum Gasteiger partial charge on any atom is 0.408 e. The van der Waals surface area contributed by atoms with E-state index < -0.39 is 17.7 Å². The van der Waals surface area contributed by atoms with Gasteiger partial charge in [-0.2, -0.15) is 5.26 Å². The van der Waals surface area contributed by atoms with E-state index in [1.165, 1.54) is 0 Å². The van der Waals surface area contributed by atoms with E-state index >= 15 is 0 Å². The molecule has 1 atom stereocenters. The van der Waals surface area contributed by atoms with Crippen LogP contribution >= 0.6 is 0 Å². The van der Waals surface area contributed by atoms with Crippen LogP contribution in [0.2, 0.25) is 0 Å². The zero-order valence-corrected chi connectivity index (χ0v) is 14.4. The first kappa shape index (κ1) is 19.2. The molecule has 0 radical (unpaired) electrons. The van der Waals surface area contributed by atoms with Gasteiger partial charge in [0.15, 0.2) is 0 Å². The van der Waals surface area contributed by atoms with E-state index in [9.17, 15) is 14.7 Å². The smallest absolute Gasteiger partial charge is 0.408 e. The summed E-state index contributed by atoms with van der Waals surface area (Å²) >= 11 is 0. The first-order chi connectivity index (χ1) is 11.2. The van der Waals surface area contributed by atoms with Gasteiger partial charge in [0, 0.05) is 12.1 Å². The highest BCUT2D eigenvalue weighted by Gasteiger charge is 2.34. The predicted molar refractivity (Wildman–Crippen MR) is 92.3 cm³/mol. The van der Waals surface area contributed by atoms with Crippen LogP contribution in [0, 0.1) is 11.3 Å². The number of hydrogen-bond donors (Lipinski definition) is 2. The number of nitriles is 1. The van der Waals surface area contributed by atoms with E-state index in [2.05, 4.69) is 5.32 Å². The summed E-state index contributed by atoms with van der Waals surface area (Å²) in [6.07, 6.45) is 2.47. The van der Waals surface area contributed by atoms with E-state index in [4.69, 9.17) is 5.26 Å². The molecule has 6 heteroatoms. The lowest BCUT2D eigenvalue weighted by atomic mass is 10.0. The SMILES string of the molecule is C[C@H](C(=O)NC/C=C/c1ccc(C#N)cc1)N(C(=O)O)C(C)(C)C. The van der Waals surface area contributed by atoms with Gasteiger partial charge < -0.3 is 10.4 Å². The Morgan fingerprint density at radius 1 is 1.33 bits per heavy atom. The van der Waals surface area contributed by atoms with Crippen LogP contribution in [-0.4, -0.2) is 40.1 Å². The van der Waals surface area contributed by atoms with Crippen molar-refractivity contribution in [2.24, 2.45) is 0 Å². The quantitative estimate of drug-likeness (QED) is 0.868. The van der Waals surface area contributed by atoms with Crippen LogP contribution in [0.4, 0.5) is 4.79 Å². The summed E-state index contributed by atoms with van der Waals surface area (Å²) in [6.45, 7) is 7.10.